The maximum absolute atomic E-state index is 12.3. The van der Waals surface area contributed by atoms with E-state index in [2.05, 4.69) is 10.2 Å². The van der Waals surface area contributed by atoms with E-state index in [0.29, 0.717) is 11.9 Å². The van der Waals surface area contributed by atoms with E-state index in [9.17, 15) is 4.79 Å². The summed E-state index contributed by atoms with van der Waals surface area (Å²) in [6.07, 6.45) is 7.64. The van der Waals surface area contributed by atoms with Gasteiger partial charge in [0.1, 0.15) is 0 Å². The zero-order valence-corrected chi connectivity index (χ0v) is 10.1. The lowest BCUT2D eigenvalue weighted by Crippen LogP contribution is -2.54. The number of rotatable bonds is 2. The second kappa shape index (κ2) is 4.02. The van der Waals surface area contributed by atoms with Crippen LogP contribution in [0.25, 0.3) is 0 Å². The number of hydrogen-bond acceptors (Lipinski definition) is 2. The van der Waals surface area contributed by atoms with E-state index in [1.54, 1.807) is 0 Å². The molecule has 1 aliphatic heterocycles. The van der Waals surface area contributed by atoms with Crippen molar-refractivity contribution in [3.63, 3.8) is 0 Å². The molecular formula is C13H22N2O. The van der Waals surface area contributed by atoms with Crippen LogP contribution in [0.2, 0.25) is 0 Å². The van der Waals surface area contributed by atoms with Crippen molar-refractivity contribution in [3.05, 3.63) is 0 Å². The molecule has 3 rings (SSSR count). The summed E-state index contributed by atoms with van der Waals surface area (Å²) in [6.45, 7) is 1.00. The van der Waals surface area contributed by atoms with Gasteiger partial charge in [-0.2, -0.15) is 0 Å². The summed E-state index contributed by atoms with van der Waals surface area (Å²) in [5, 5.41) is 3.16. The van der Waals surface area contributed by atoms with Crippen molar-refractivity contribution in [2.24, 2.45) is 11.8 Å². The second-order valence-electron chi connectivity index (χ2n) is 5.76. The number of nitrogens with zero attached hydrogens (tertiary/aromatic N) is 1. The van der Waals surface area contributed by atoms with Gasteiger partial charge in [0.05, 0.1) is 6.04 Å². The largest absolute Gasteiger partial charge is 0.338 e. The SMILES string of the molecule is CNC1CCCN(C2CC3CCC2C3)C1=O. The van der Waals surface area contributed by atoms with E-state index in [0.717, 1.165) is 24.8 Å². The third kappa shape index (κ3) is 1.56. The predicted octanol–water partition coefficient (Wildman–Crippen LogP) is 1.39. The Kier molecular flexibility index (Phi) is 2.66. The van der Waals surface area contributed by atoms with Gasteiger partial charge in [0.25, 0.3) is 0 Å². The van der Waals surface area contributed by atoms with Crippen LogP contribution in [0.1, 0.15) is 38.5 Å². The first-order valence-electron chi connectivity index (χ1n) is 6.77. The van der Waals surface area contributed by atoms with Crippen molar-refractivity contribution in [1.82, 2.24) is 10.2 Å². The molecule has 4 unspecified atom stereocenters. The quantitative estimate of drug-likeness (QED) is 0.765. The molecule has 2 aliphatic carbocycles. The van der Waals surface area contributed by atoms with E-state index in [1.165, 1.54) is 32.1 Å². The molecule has 3 nitrogen and oxygen atoms in total. The topological polar surface area (TPSA) is 32.3 Å². The van der Waals surface area contributed by atoms with Crippen molar-refractivity contribution in [2.45, 2.75) is 50.6 Å². The number of piperidine rings is 1. The van der Waals surface area contributed by atoms with Gasteiger partial charge in [0, 0.05) is 12.6 Å². The molecule has 1 amide bonds. The van der Waals surface area contributed by atoms with Crippen LogP contribution in [0.5, 0.6) is 0 Å². The third-order valence-corrected chi connectivity index (χ3v) is 4.92. The molecule has 0 aromatic heterocycles. The maximum Gasteiger partial charge on any atom is 0.239 e. The minimum absolute atomic E-state index is 0.0906. The van der Waals surface area contributed by atoms with E-state index in [4.69, 9.17) is 0 Å². The standard InChI is InChI=1S/C13H22N2O/c1-14-11-3-2-6-15(13(11)16)12-8-9-4-5-10(12)7-9/h9-12,14H,2-8H2,1H3. The van der Waals surface area contributed by atoms with E-state index in [1.807, 2.05) is 7.05 Å². The molecule has 0 aromatic carbocycles. The third-order valence-electron chi connectivity index (χ3n) is 4.92. The molecule has 0 aromatic rings. The molecule has 0 radical (unpaired) electrons. The van der Waals surface area contributed by atoms with Gasteiger partial charge in [-0.05, 0) is 51.0 Å². The van der Waals surface area contributed by atoms with Crippen LogP contribution in [-0.4, -0.2) is 36.5 Å². The summed E-state index contributed by atoms with van der Waals surface area (Å²) < 4.78 is 0. The number of carbonyl (C=O) groups excluding carboxylic acids is 1. The number of fused-ring (bicyclic) bond motifs is 2. The van der Waals surface area contributed by atoms with Crippen molar-refractivity contribution < 1.29 is 4.79 Å². The summed E-state index contributed by atoms with van der Waals surface area (Å²) in [5.74, 6) is 2.12. The Morgan fingerprint density at radius 3 is 2.75 bits per heavy atom. The molecule has 90 valence electrons. The smallest absolute Gasteiger partial charge is 0.239 e. The van der Waals surface area contributed by atoms with Crippen LogP contribution in [0.4, 0.5) is 0 Å². The molecule has 3 heteroatoms. The highest BCUT2D eigenvalue weighted by atomic mass is 16.2. The lowest BCUT2D eigenvalue weighted by atomic mass is 9.91. The van der Waals surface area contributed by atoms with Gasteiger partial charge in [-0.15, -0.1) is 0 Å². The van der Waals surface area contributed by atoms with Crippen LogP contribution in [0.15, 0.2) is 0 Å². The average molecular weight is 222 g/mol. The number of hydrogen-bond donors (Lipinski definition) is 1. The zero-order valence-electron chi connectivity index (χ0n) is 10.1. The van der Waals surface area contributed by atoms with Gasteiger partial charge in [-0.1, -0.05) is 6.42 Å². The number of carbonyl (C=O) groups is 1. The molecule has 3 fully saturated rings. The highest BCUT2D eigenvalue weighted by Gasteiger charge is 2.45. The van der Waals surface area contributed by atoms with Crippen LogP contribution in [-0.2, 0) is 4.79 Å². The molecule has 1 heterocycles. The molecule has 2 saturated carbocycles. The first-order valence-corrected chi connectivity index (χ1v) is 6.77. The molecule has 16 heavy (non-hydrogen) atoms. The fourth-order valence-corrected chi connectivity index (χ4v) is 4.09. The Morgan fingerprint density at radius 1 is 1.25 bits per heavy atom. The van der Waals surface area contributed by atoms with Crippen molar-refractivity contribution in [2.75, 3.05) is 13.6 Å². The van der Waals surface area contributed by atoms with E-state index >= 15 is 0 Å². The molecule has 1 N–H and O–H groups in total. The van der Waals surface area contributed by atoms with Gasteiger partial charge in [-0.3, -0.25) is 4.79 Å². The Bertz CT molecular complexity index is 292. The monoisotopic (exact) mass is 222 g/mol. The van der Waals surface area contributed by atoms with Crippen molar-refractivity contribution in [1.29, 1.82) is 0 Å². The minimum Gasteiger partial charge on any atom is -0.338 e. The van der Waals surface area contributed by atoms with Crippen LogP contribution in [0.3, 0.4) is 0 Å². The molecule has 3 aliphatic rings. The van der Waals surface area contributed by atoms with Crippen LogP contribution >= 0.6 is 0 Å². The fraction of sp³-hybridized carbons (Fsp3) is 0.923. The Labute approximate surface area is 97.6 Å². The number of nitrogens with one attached hydrogen (secondary N) is 1. The van der Waals surface area contributed by atoms with Gasteiger partial charge < -0.3 is 10.2 Å². The van der Waals surface area contributed by atoms with Crippen molar-refractivity contribution in [3.8, 4) is 0 Å². The molecular weight excluding hydrogens is 200 g/mol. The zero-order chi connectivity index (χ0) is 11.1. The lowest BCUT2D eigenvalue weighted by molar-refractivity contribution is -0.139. The summed E-state index contributed by atoms with van der Waals surface area (Å²) in [6, 6.07) is 0.676. The second-order valence-corrected chi connectivity index (χ2v) is 5.76. The Morgan fingerprint density at radius 2 is 2.12 bits per heavy atom. The molecule has 1 saturated heterocycles. The minimum atomic E-state index is 0.0906. The number of likely N-dealkylation sites (N-methyl/N-ethyl adjacent to an activating group) is 1. The van der Waals surface area contributed by atoms with E-state index in [-0.39, 0.29) is 6.04 Å². The number of amides is 1. The first kappa shape index (κ1) is 10.6. The van der Waals surface area contributed by atoms with Gasteiger partial charge in [-0.25, -0.2) is 0 Å². The van der Waals surface area contributed by atoms with E-state index < -0.39 is 0 Å². The predicted molar refractivity (Wildman–Crippen MR) is 63.0 cm³/mol. The van der Waals surface area contributed by atoms with Crippen molar-refractivity contribution >= 4 is 5.91 Å². The average Bonchev–Trinajstić information content (AvgIpc) is 2.91. The highest BCUT2D eigenvalue weighted by molar-refractivity contribution is 5.83. The summed E-state index contributed by atoms with van der Waals surface area (Å²) in [5.41, 5.74) is 0. The summed E-state index contributed by atoms with van der Waals surface area (Å²) in [4.78, 5) is 14.5. The summed E-state index contributed by atoms with van der Waals surface area (Å²) >= 11 is 0. The summed E-state index contributed by atoms with van der Waals surface area (Å²) in [7, 11) is 1.91. The van der Waals surface area contributed by atoms with Gasteiger partial charge in [0.15, 0.2) is 0 Å². The highest BCUT2D eigenvalue weighted by Crippen LogP contribution is 2.47. The Hall–Kier alpha value is -0.570. The van der Waals surface area contributed by atoms with Crippen LogP contribution < -0.4 is 5.32 Å². The molecule has 4 atom stereocenters. The Balaban J connectivity index is 1.72. The molecule has 2 bridgehead atoms. The van der Waals surface area contributed by atoms with Gasteiger partial charge >= 0.3 is 0 Å². The first-order chi connectivity index (χ1) is 7.79. The van der Waals surface area contributed by atoms with Crippen LogP contribution in [0, 0.1) is 11.8 Å². The number of likely N-dealkylation sites (tertiary alicyclic amines) is 1. The normalized spacial score (nSPS) is 43.1. The maximum atomic E-state index is 12.3. The molecule has 0 spiro atoms. The lowest BCUT2D eigenvalue weighted by Gasteiger charge is -2.40. The fourth-order valence-electron chi connectivity index (χ4n) is 4.09. The van der Waals surface area contributed by atoms with Gasteiger partial charge in [0.2, 0.25) is 5.91 Å².